The van der Waals surface area contributed by atoms with Crippen molar-refractivity contribution in [2.24, 2.45) is 0 Å². The Bertz CT molecular complexity index is 1040. The largest absolute Gasteiger partial charge is 0.494 e. The van der Waals surface area contributed by atoms with E-state index in [1.54, 1.807) is 24.3 Å². The third-order valence-corrected chi connectivity index (χ3v) is 4.44. The number of carbonyl (C=O) groups excluding carboxylic acids is 2. The monoisotopic (exact) mass is 456 g/mol. The molecule has 2 amide bonds. The lowest BCUT2D eigenvalue weighted by Gasteiger charge is -2.13. The SMILES string of the molecule is CCCCC(=O)Nc1ccc(NC(=S)NC(=O)/C=C/c2cccc([N+](=O)[O-])c2)cc1OC. The van der Waals surface area contributed by atoms with Gasteiger partial charge in [0.2, 0.25) is 11.8 Å². The van der Waals surface area contributed by atoms with Crippen LogP contribution in [0.5, 0.6) is 5.75 Å². The molecule has 0 fully saturated rings. The second kappa shape index (κ2) is 12.2. The van der Waals surface area contributed by atoms with Gasteiger partial charge in [0.25, 0.3) is 5.69 Å². The van der Waals surface area contributed by atoms with E-state index in [1.807, 2.05) is 6.92 Å². The first-order valence-electron chi connectivity index (χ1n) is 9.84. The number of rotatable bonds is 9. The number of methoxy groups -OCH3 is 1. The third-order valence-electron chi connectivity index (χ3n) is 4.24. The summed E-state index contributed by atoms with van der Waals surface area (Å²) in [5.74, 6) is -0.149. The van der Waals surface area contributed by atoms with E-state index in [0.29, 0.717) is 29.1 Å². The van der Waals surface area contributed by atoms with Gasteiger partial charge in [-0.3, -0.25) is 25.0 Å². The number of hydrogen-bond donors (Lipinski definition) is 3. The number of amides is 2. The zero-order valence-corrected chi connectivity index (χ0v) is 18.5. The molecule has 2 rings (SSSR count). The topological polar surface area (TPSA) is 123 Å². The van der Waals surface area contributed by atoms with Crippen LogP contribution in [0.3, 0.4) is 0 Å². The molecule has 2 aromatic rings. The predicted octanol–water partition coefficient (Wildman–Crippen LogP) is 4.26. The highest BCUT2D eigenvalue weighted by Crippen LogP contribution is 2.28. The molecule has 0 saturated carbocycles. The molecule has 0 atom stereocenters. The van der Waals surface area contributed by atoms with Crippen LogP contribution in [-0.4, -0.2) is 29.0 Å². The molecule has 168 valence electrons. The number of hydrogen-bond acceptors (Lipinski definition) is 6. The van der Waals surface area contributed by atoms with Gasteiger partial charge in [0.15, 0.2) is 5.11 Å². The van der Waals surface area contributed by atoms with Crippen molar-refractivity contribution in [3.05, 3.63) is 64.2 Å². The van der Waals surface area contributed by atoms with E-state index in [1.165, 1.54) is 37.5 Å². The molecule has 0 aliphatic carbocycles. The van der Waals surface area contributed by atoms with Gasteiger partial charge in [-0.25, -0.2) is 0 Å². The minimum Gasteiger partial charge on any atom is -0.494 e. The minimum atomic E-state index is -0.507. The van der Waals surface area contributed by atoms with E-state index in [9.17, 15) is 19.7 Å². The van der Waals surface area contributed by atoms with Gasteiger partial charge in [-0.05, 0) is 42.4 Å². The van der Waals surface area contributed by atoms with E-state index in [2.05, 4.69) is 16.0 Å². The van der Waals surface area contributed by atoms with Crippen LogP contribution in [0.4, 0.5) is 17.1 Å². The van der Waals surface area contributed by atoms with Gasteiger partial charge in [-0.2, -0.15) is 0 Å². The molecule has 0 spiro atoms. The highest BCUT2D eigenvalue weighted by molar-refractivity contribution is 7.80. The molecule has 0 aliphatic rings. The summed E-state index contributed by atoms with van der Waals surface area (Å²) in [5, 5.41) is 19.0. The first-order valence-corrected chi connectivity index (χ1v) is 10.3. The van der Waals surface area contributed by atoms with Crippen LogP contribution in [0.15, 0.2) is 48.5 Å². The van der Waals surface area contributed by atoms with E-state index in [0.717, 1.165) is 12.8 Å². The number of thiocarbonyl (C=S) groups is 1. The second-order valence-electron chi connectivity index (χ2n) is 6.70. The number of benzene rings is 2. The number of nitrogens with one attached hydrogen (secondary N) is 3. The lowest BCUT2D eigenvalue weighted by atomic mass is 10.2. The number of unbranched alkanes of at least 4 members (excludes halogenated alkanes) is 1. The first kappa shape index (κ1) is 24.5. The first-order chi connectivity index (χ1) is 15.3. The summed E-state index contributed by atoms with van der Waals surface area (Å²) in [6.07, 6.45) is 4.83. The van der Waals surface area contributed by atoms with Crippen molar-refractivity contribution < 1.29 is 19.2 Å². The van der Waals surface area contributed by atoms with Crippen LogP contribution >= 0.6 is 12.2 Å². The van der Waals surface area contributed by atoms with Crippen LogP contribution in [0.1, 0.15) is 31.7 Å². The van der Waals surface area contributed by atoms with Gasteiger partial charge in [-0.15, -0.1) is 0 Å². The van der Waals surface area contributed by atoms with Crippen molar-refractivity contribution in [3.63, 3.8) is 0 Å². The van der Waals surface area contributed by atoms with Crippen LogP contribution in [0.2, 0.25) is 0 Å². The summed E-state index contributed by atoms with van der Waals surface area (Å²) in [4.78, 5) is 34.3. The van der Waals surface area contributed by atoms with Crippen molar-refractivity contribution in [1.82, 2.24) is 5.32 Å². The normalized spacial score (nSPS) is 10.4. The number of ether oxygens (including phenoxy) is 1. The molecule has 0 heterocycles. The van der Waals surface area contributed by atoms with Crippen molar-refractivity contribution in [2.45, 2.75) is 26.2 Å². The molecule has 0 radical (unpaired) electrons. The Kier molecular flexibility index (Phi) is 9.30. The molecule has 32 heavy (non-hydrogen) atoms. The zero-order valence-electron chi connectivity index (χ0n) is 17.7. The Balaban J connectivity index is 1.95. The molecule has 3 N–H and O–H groups in total. The van der Waals surface area contributed by atoms with Gasteiger partial charge < -0.3 is 15.4 Å². The molecule has 10 heteroatoms. The Labute approximate surface area is 191 Å². The Morgan fingerprint density at radius 3 is 2.66 bits per heavy atom. The minimum absolute atomic E-state index is 0.0560. The van der Waals surface area contributed by atoms with E-state index in [-0.39, 0.29) is 16.7 Å². The average Bonchev–Trinajstić information content (AvgIpc) is 2.77. The predicted molar refractivity (Wildman–Crippen MR) is 128 cm³/mol. The number of carbonyl (C=O) groups is 2. The van der Waals surface area contributed by atoms with Crippen molar-refractivity contribution in [1.29, 1.82) is 0 Å². The smallest absolute Gasteiger partial charge is 0.270 e. The lowest BCUT2D eigenvalue weighted by Crippen LogP contribution is -2.32. The maximum absolute atomic E-state index is 12.1. The second-order valence-corrected chi connectivity index (χ2v) is 7.10. The lowest BCUT2D eigenvalue weighted by molar-refractivity contribution is -0.384. The molecule has 2 aromatic carbocycles. The Morgan fingerprint density at radius 2 is 1.97 bits per heavy atom. The summed E-state index contributed by atoms with van der Waals surface area (Å²) < 4.78 is 5.32. The van der Waals surface area contributed by atoms with Crippen molar-refractivity contribution in [3.8, 4) is 5.75 Å². The molecule has 9 nitrogen and oxygen atoms in total. The van der Waals surface area contributed by atoms with E-state index >= 15 is 0 Å². The van der Waals surface area contributed by atoms with Crippen molar-refractivity contribution >= 4 is 52.3 Å². The van der Waals surface area contributed by atoms with Gasteiger partial charge >= 0.3 is 0 Å². The van der Waals surface area contributed by atoms with Gasteiger partial charge in [0.1, 0.15) is 5.75 Å². The van der Waals surface area contributed by atoms with E-state index in [4.69, 9.17) is 17.0 Å². The molecular formula is C22H24N4O5S. The third kappa shape index (κ3) is 7.80. The quantitative estimate of drug-likeness (QED) is 0.223. The van der Waals surface area contributed by atoms with Crippen LogP contribution in [-0.2, 0) is 9.59 Å². The molecule has 0 bridgehead atoms. The number of nitrogens with zero attached hydrogens (tertiary/aromatic N) is 1. The highest BCUT2D eigenvalue weighted by Gasteiger charge is 2.10. The van der Waals surface area contributed by atoms with Crippen LogP contribution in [0.25, 0.3) is 6.08 Å². The van der Waals surface area contributed by atoms with Gasteiger partial charge in [-0.1, -0.05) is 25.5 Å². The summed E-state index contributed by atoms with van der Waals surface area (Å²) in [6.45, 7) is 2.01. The molecule has 0 saturated heterocycles. The van der Waals surface area contributed by atoms with Crippen LogP contribution in [0, 0.1) is 10.1 Å². The van der Waals surface area contributed by atoms with E-state index < -0.39 is 10.8 Å². The van der Waals surface area contributed by atoms with Crippen LogP contribution < -0.4 is 20.7 Å². The molecule has 0 aliphatic heterocycles. The fourth-order valence-corrected chi connectivity index (χ4v) is 2.87. The maximum atomic E-state index is 12.1. The molecule has 0 aromatic heterocycles. The number of non-ortho nitro benzene ring substituents is 1. The Hall–Kier alpha value is -3.79. The van der Waals surface area contributed by atoms with Gasteiger partial charge in [0.05, 0.1) is 17.7 Å². The maximum Gasteiger partial charge on any atom is 0.270 e. The number of nitro benzene ring substituents is 1. The molecular weight excluding hydrogens is 432 g/mol. The summed E-state index contributed by atoms with van der Waals surface area (Å²) in [6, 6.07) is 10.9. The average molecular weight is 457 g/mol. The standard InChI is InChI=1S/C22H24N4O5S/c1-3-4-8-20(27)24-18-11-10-16(14-19(18)31-2)23-22(32)25-21(28)12-9-15-6-5-7-17(13-15)26(29)30/h5-7,9-14H,3-4,8H2,1-2H3,(H,24,27)(H2,23,25,28,32)/b12-9+. The summed E-state index contributed by atoms with van der Waals surface area (Å²) >= 11 is 5.15. The summed E-state index contributed by atoms with van der Waals surface area (Å²) in [7, 11) is 1.49. The summed E-state index contributed by atoms with van der Waals surface area (Å²) in [5.41, 5.74) is 1.54. The zero-order chi connectivity index (χ0) is 23.5. The van der Waals surface area contributed by atoms with Crippen molar-refractivity contribution in [2.75, 3.05) is 17.7 Å². The Morgan fingerprint density at radius 1 is 1.19 bits per heavy atom. The number of anilines is 2. The number of nitro groups is 1. The highest BCUT2D eigenvalue weighted by atomic mass is 32.1. The fraction of sp³-hybridized carbons (Fsp3) is 0.227. The molecule has 0 unspecified atom stereocenters. The fourth-order valence-electron chi connectivity index (χ4n) is 2.65. The van der Waals surface area contributed by atoms with Gasteiger partial charge in [0, 0.05) is 36.4 Å².